The van der Waals surface area contributed by atoms with Gasteiger partial charge >= 0.3 is 0 Å². The normalized spacial score (nSPS) is 13.9. The molecule has 2 N–H and O–H groups in total. The second-order valence-corrected chi connectivity index (χ2v) is 6.06. The Morgan fingerprint density at radius 2 is 1.95 bits per heavy atom. The van der Waals surface area contributed by atoms with Crippen molar-refractivity contribution in [2.75, 3.05) is 23.4 Å². The molecule has 3 rings (SSSR count). The molecule has 0 unspecified atom stereocenters. The smallest absolute Gasteiger partial charge is 0.258 e. The van der Waals surface area contributed by atoms with E-state index >= 15 is 0 Å². The van der Waals surface area contributed by atoms with E-state index in [1.54, 1.807) is 11.8 Å². The molecular weight excluding hydrogens is 280 g/mol. The summed E-state index contributed by atoms with van der Waals surface area (Å²) < 4.78 is 0. The lowest BCUT2D eigenvalue weighted by atomic mass is 10.00. The van der Waals surface area contributed by atoms with Crippen LogP contribution in [0, 0.1) is 0 Å². The van der Waals surface area contributed by atoms with Gasteiger partial charge in [0.2, 0.25) is 0 Å². The van der Waals surface area contributed by atoms with E-state index in [2.05, 4.69) is 0 Å². The SMILES string of the molecule is CSc1ccc(C(=O)N2CCCc3cc(N)ccc32)cc1. The standard InChI is InChI=1S/C17H18N2OS/c1-21-15-7-4-12(5-8-15)17(20)19-10-2-3-13-11-14(18)6-9-16(13)19/h4-9,11H,2-3,10,18H2,1H3. The third-order valence-corrected chi connectivity index (χ3v) is 4.55. The van der Waals surface area contributed by atoms with Gasteiger partial charge in [-0.1, -0.05) is 0 Å². The van der Waals surface area contributed by atoms with Crippen LogP contribution in [0.15, 0.2) is 47.4 Å². The van der Waals surface area contributed by atoms with Crippen molar-refractivity contribution in [3.63, 3.8) is 0 Å². The molecule has 4 heteroatoms. The number of nitrogen functional groups attached to an aromatic ring is 1. The van der Waals surface area contributed by atoms with E-state index in [1.165, 1.54) is 4.90 Å². The minimum absolute atomic E-state index is 0.0633. The molecule has 0 atom stereocenters. The molecule has 0 saturated heterocycles. The van der Waals surface area contributed by atoms with Gasteiger partial charge in [0.05, 0.1) is 0 Å². The zero-order valence-electron chi connectivity index (χ0n) is 12.0. The molecule has 2 aromatic rings. The zero-order valence-corrected chi connectivity index (χ0v) is 12.8. The Bertz CT molecular complexity index is 667. The summed E-state index contributed by atoms with van der Waals surface area (Å²) >= 11 is 1.68. The van der Waals surface area contributed by atoms with Crippen molar-refractivity contribution in [1.82, 2.24) is 0 Å². The molecule has 0 spiro atoms. The Morgan fingerprint density at radius 1 is 1.19 bits per heavy atom. The Hall–Kier alpha value is -1.94. The molecule has 108 valence electrons. The second kappa shape index (κ2) is 5.82. The van der Waals surface area contributed by atoms with Crippen molar-refractivity contribution >= 4 is 29.0 Å². The van der Waals surface area contributed by atoms with Crippen molar-refractivity contribution in [3.05, 3.63) is 53.6 Å². The number of hydrogen-bond donors (Lipinski definition) is 1. The maximum atomic E-state index is 12.7. The van der Waals surface area contributed by atoms with Crippen LogP contribution in [0.2, 0.25) is 0 Å². The van der Waals surface area contributed by atoms with Crippen molar-refractivity contribution in [1.29, 1.82) is 0 Å². The summed E-state index contributed by atoms with van der Waals surface area (Å²) in [5, 5.41) is 0. The monoisotopic (exact) mass is 298 g/mol. The zero-order chi connectivity index (χ0) is 14.8. The minimum Gasteiger partial charge on any atom is -0.399 e. The molecule has 1 aliphatic rings. The van der Waals surface area contributed by atoms with Crippen molar-refractivity contribution < 1.29 is 4.79 Å². The molecule has 0 aliphatic carbocycles. The lowest BCUT2D eigenvalue weighted by Gasteiger charge is -2.29. The number of nitrogens with zero attached hydrogens (tertiary/aromatic N) is 1. The molecule has 3 nitrogen and oxygen atoms in total. The maximum absolute atomic E-state index is 12.7. The van der Waals surface area contributed by atoms with Crippen LogP contribution in [0.25, 0.3) is 0 Å². The maximum Gasteiger partial charge on any atom is 0.258 e. The largest absolute Gasteiger partial charge is 0.399 e. The fourth-order valence-corrected chi connectivity index (χ4v) is 3.13. The van der Waals surface area contributed by atoms with Crippen LogP contribution in [0.4, 0.5) is 11.4 Å². The van der Waals surface area contributed by atoms with Crippen LogP contribution in [0.1, 0.15) is 22.3 Å². The first-order valence-corrected chi connectivity index (χ1v) is 8.26. The average Bonchev–Trinajstić information content (AvgIpc) is 2.53. The number of aryl methyl sites for hydroxylation is 1. The van der Waals surface area contributed by atoms with Crippen LogP contribution in [-0.2, 0) is 6.42 Å². The van der Waals surface area contributed by atoms with E-state index in [4.69, 9.17) is 5.73 Å². The van der Waals surface area contributed by atoms with Gasteiger partial charge in [0.1, 0.15) is 0 Å². The van der Waals surface area contributed by atoms with Gasteiger partial charge in [0.15, 0.2) is 0 Å². The van der Waals surface area contributed by atoms with Gasteiger partial charge in [-0.3, -0.25) is 4.79 Å². The van der Waals surface area contributed by atoms with Crippen molar-refractivity contribution in [2.24, 2.45) is 0 Å². The van der Waals surface area contributed by atoms with E-state index in [0.717, 1.165) is 41.9 Å². The number of carbonyl (C=O) groups is 1. The lowest BCUT2D eigenvalue weighted by Crippen LogP contribution is -2.35. The first-order valence-electron chi connectivity index (χ1n) is 7.03. The first-order chi connectivity index (χ1) is 10.2. The highest BCUT2D eigenvalue weighted by atomic mass is 32.2. The first kappa shape index (κ1) is 14.0. The van der Waals surface area contributed by atoms with Crippen LogP contribution in [0.3, 0.4) is 0 Å². The predicted octanol–water partition coefficient (Wildman–Crippen LogP) is 3.58. The quantitative estimate of drug-likeness (QED) is 0.681. The molecule has 0 fully saturated rings. The van der Waals surface area contributed by atoms with Crippen LogP contribution >= 0.6 is 11.8 Å². The highest BCUT2D eigenvalue weighted by molar-refractivity contribution is 7.98. The number of nitrogens with two attached hydrogens (primary N) is 1. The van der Waals surface area contributed by atoms with Gasteiger partial charge in [-0.25, -0.2) is 0 Å². The summed E-state index contributed by atoms with van der Waals surface area (Å²) in [6.45, 7) is 0.764. The lowest BCUT2D eigenvalue weighted by molar-refractivity contribution is 0.0985. The number of anilines is 2. The third-order valence-electron chi connectivity index (χ3n) is 3.80. The molecule has 1 aliphatic heterocycles. The average molecular weight is 298 g/mol. The van der Waals surface area contributed by atoms with Crippen LogP contribution in [-0.4, -0.2) is 18.7 Å². The van der Waals surface area contributed by atoms with Crippen LogP contribution < -0.4 is 10.6 Å². The molecule has 0 saturated carbocycles. The predicted molar refractivity (Wildman–Crippen MR) is 89.1 cm³/mol. The minimum atomic E-state index is 0.0633. The van der Waals surface area contributed by atoms with Gasteiger partial charge in [-0.15, -0.1) is 11.8 Å². The van der Waals surface area contributed by atoms with Gasteiger partial charge in [0, 0.05) is 28.4 Å². The highest BCUT2D eigenvalue weighted by Gasteiger charge is 2.23. The molecule has 0 radical (unpaired) electrons. The topological polar surface area (TPSA) is 46.3 Å². The number of rotatable bonds is 2. The Morgan fingerprint density at radius 3 is 2.67 bits per heavy atom. The van der Waals surface area contributed by atoms with Crippen molar-refractivity contribution in [3.8, 4) is 0 Å². The fourth-order valence-electron chi connectivity index (χ4n) is 2.72. The van der Waals surface area contributed by atoms with E-state index < -0.39 is 0 Å². The number of fused-ring (bicyclic) bond motifs is 1. The van der Waals surface area contributed by atoms with Gasteiger partial charge in [0.25, 0.3) is 5.91 Å². The molecule has 1 heterocycles. The van der Waals surface area contributed by atoms with Gasteiger partial charge in [-0.2, -0.15) is 0 Å². The summed E-state index contributed by atoms with van der Waals surface area (Å²) in [6.07, 6.45) is 3.99. The summed E-state index contributed by atoms with van der Waals surface area (Å²) in [6, 6.07) is 13.6. The number of benzene rings is 2. The van der Waals surface area contributed by atoms with E-state index in [1.807, 2.05) is 53.6 Å². The third kappa shape index (κ3) is 2.76. The Kier molecular flexibility index (Phi) is 3.88. The number of thioether (sulfide) groups is 1. The highest BCUT2D eigenvalue weighted by Crippen LogP contribution is 2.30. The Balaban J connectivity index is 1.92. The second-order valence-electron chi connectivity index (χ2n) is 5.18. The summed E-state index contributed by atoms with van der Waals surface area (Å²) in [4.78, 5) is 15.8. The number of hydrogen-bond acceptors (Lipinski definition) is 3. The Labute approximate surface area is 129 Å². The van der Waals surface area contributed by atoms with E-state index in [0.29, 0.717) is 0 Å². The fraction of sp³-hybridized carbons (Fsp3) is 0.235. The van der Waals surface area contributed by atoms with Crippen LogP contribution in [0.5, 0.6) is 0 Å². The van der Waals surface area contributed by atoms with Gasteiger partial charge < -0.3 is 10.6 Å². The summed E-state index contributed by atoms with van der Waals surface area (Å²) in [7, 11) is 0. The van der Waals surface area contributed by atoms with E-state index in [9.17, 15) is 4.79 Å². The molecular formula is C17H18N2OS. The number of amides is 1. The van der Waals surface area contributed by atoms with Gasteiger partial charge in [-0.05, 0) is 67.1 Å². The molecule has 0 aromatic heterocycles. The number of carbonyl (C=O) groups excluding carboxylic acids is 1. The summed E-state index contributed by atoms with van der Waals surface area (Å²) in [5.74, 6) is 0.0633. The molecule has 21 heavy (non-hydrogen) atoms. The van der Waals surface area contributed by atoms with E-state index in [-0.39, 0.29) is 5.91 Å². The molecule has 1 amide bonds. The summed E-state index contributed by atoms with van der Waals surface area (Å²) in [5.41, 5.74) is 9.49. The molecule has 2 aromatic carbocycles. The molecule has 0 bridgehead atoms. The van der Waals surface area contributed by atoms with Crippen molar-refractivity contribution in [2.45, 2.75) is 17.7 Å².